The van der Waals surface area contributed by atoms with Crippen LogP contribution >= 0.6 is 0 Å². The van der Waals surface area contributed by atoms with Crippen LogP contribution in [0.25, 0.3) is 0 Å². The Balaban J connectivity index is 2.67. The lowest BCUT2D eigenvalue weighted by molar-refractivity contribution is -0.138. The Bertz CT molecular complexity index is 306. The van der Waals surface area contributed by atoms with Crippen LogP contribution in [0.2, 0.25) is 0 Å². The first kappa shape index (κ1) is 16.0. The number of carboxylic acid groups (broad SMARTS) is 1. The Labute approximate surface area is 115 Å². The molecular weight excluding hydrogens is 244 g/mol. The van der Waals surface area contributed by atoms with E-state index in [1.807, 2.05) is 6.92 Å². The molecule has 110 valence electrons. The van der Waals surface area contributed by atoms with Gasteiger partial charge < -0.3 is 15.7 Å². The summed E-state index contributed by atoms with van der Waals surface area (Å²) in [6, 6.07) is -0.256. The van der Waals surface area contributed by atoms with Crippen molar-refractivity contribution < 1.29 is 14.7 Å². The molecule has 1 saturated heterocycles. The van der Waals surface area contributed by atoms with Gasteiger partial charge in [-0.05, 0) is 38.8 Å². The summed E-state index contributed by atoms with van der Waals surface area (Å²) in [5.74, 6) is -0.814. The number of rotatable bonds is 7. The molecule has 0 aromatic heterocycles. The van der Waals surface area contributed by atoms with Crippen molar-refractivity contribution in [3.63, 3.8) is 0 Å². The molecule has 1 unspecified atom stereocenters. The fourth-order valence-corrected chi connectivity index (χ4v) is 2.82. The number of hydrogen-bond acceptors (Lipinski definition) is 3. The summed E-state index contributed by atoms with van der Waals surface area (Å²) in [5, 5.41) is 15.1. The van der Waals surface area contributed by atoms with Crippen molar-refractivity contribution in [2.24, 2.45) is 5.41 Å². The maximum absolute atomic E-state index is 12.5. The van der Waals surface area contributed by atoms with E-state index in [9.17, 15) is 9.59 Å². The first-order valence-electron chi connectivity index (χ1n) is 7.27. The van der Waals surface area contributed by atoms with Crippen molar-refractivity contribution in [3.8, 4) is 0 Å². The van der Waals surface area contributed by atoms with E-state index in [0.29, 0.717) is 6.42 Å². The Morgan fingerprint density at radius 2 is 1.95 bits per heavy atom. The highest BCUT2D eigenvalue weighted by molar-refractivity contribution is 5.83. The van der Waals surface area contributed by atoms with Crippen LogP contribution in [0.15, 0.2) is 0 Å². The van der Waals surface area contributed by atoms with Crippen LogP contribution in [-0.4, -0.2) is 36.1 Å². The Hall–Kier alpha value is -1.10. The zero-order valence-corrected chi connectivity index (χ0v) is 12.0. The molecule has 0 radical (unpaired) electrons. The molecule has 1 heterocycles. The standard InChI is InChI=1S/C14H26N2O3/c1-3-5-14(6-8-15-9-7-14)13(19)16-11(4-2)10-12(17)18/h11,15H,3-10H2,1-2H3,(H,16,19)(H,17,18). The number of amides is 1. The number of piperidine rings is 1. The third kappa shape index (κ3) is 4.49. The molecule has 3 N–H and O–H groups in total. The molecule has 5 heteroatoms. The largest absolute Gasteiger partial charge is 0.481 e. The van der Waals surface area contributed by atoms with Crippen LogP contribution in [0.4, 0.5) is 0 Å². The fourth-order valence-electron chi connectivity index (χ4n) is 2.82. The number of carbonyl (C=O) groups is 2. The summed E-state index contributed by atoms with van der Waals surface area (Å²) in [4.78, 5) is 23.3. The fraction of sp³-hybridized carbons (Fsp3) is 0.857. The van der Waals surface area contributed by atoms with Crippen LogP contribution in [0.5, 0.6) is 0 Å². The quantitative estimate of drug-likeness (QED) is 0.655. The van der Waals surface area contributed by atoms with Crippen molar-refractivity contribution in [3.05, 3.63) is 0 Å². The van der Waals surface area contributed by atoms with Gasteiger partial charge in [0.2, 0.25) is 5.91 Å². The molecule has 0 aliphatic carbocycles. The van der Waals surface area contributed by atoms with Gasteiger partial charge in [0.15, 0.2) is 0 Å². The molecule has 1 atom stereocenters. The number of nitrogens with one attached hydrogen (secondary N) is 2. The normalized spacial score (nSPS) is 19.7. The van der Waals surface area contributed by atoms with Gasteiger partial charge in [-0.25, -0.2) is 0 Å². The van der Waals surface area contributed by atoms with Gasteiger partial charge in [0.1, 0.15) is 0 Å². The topological polar surface area (TPSA) is 78.4 Å². The average Bonchev–Trinajstić information content (AvgIpc) is 2.38. The molecule has 0 aromatic carbocycles. The zero-order chi connectivity index (χ0) is 14.3. The first-order chi connectivity index (χ1) is 9.04. The lowest BCUT2D eigenvalue weighted by Crippen LogP contribution is -2.50. The van der Waals surface area contributed by atoms with Crippen LogP contribution in [-0.2, 0) is 9.59 Å². The Morgan fingerprint density at radius 1 is 1.32 bits per heavy atom. The number of hydrogen-bond donors (Lipinski definition) is 3. The molecule has 0 spiro atoms. The van der Waals surface area contributed by atoms with Crippen LogP contribution in [0.3, 0.4) is 0 Å². The third-order valence-corrected chi connectivity index (χ3v) is 4.02. The molecule has 1 aliphatic rings. The maximum atomic E-state index is 12.5. The van der Waals surface area contributed by atoms with E-state index in [2.05, 4.69) is 17.6 Å². The summed E-state index contributed by atoms with van der Waals surface area (Å²) in [7, 11) is 0. The molecule has 5 nitrogen and oxygen atoms in total. The van der Waals surface area contributed by atoms with Crippen LogP contribution < -0.4 is 10.6 Å². The predicted octanol–water partition coefficient (Wildman–Crippen LogP) is 1.53. The van der Waals surface area contributed by atoms with Gasteiger partial charge in [-0.1, -0.05) is 20.3 Å². The van der Waals surface area contributed by atoms with Crippen molar-refractivity contribution in [2.75, 3.05) is 13.1 Å². The second-order valence-corrected chi connectivity index (χ2v) is 5.46. The number of carboxylic acids is 1. The smallest absolute Gasteiger partial charge is 0.305 e. The highest BCUT2D eigenvalue weighted by Crippen LogP contribution is 2.34. The molecule has 1 aliphatic heterocycles. The van der Waals surface area contributed by atoms with Gasteiger partial charge in [0.05, 0.1) is 11.8 Å². The highest BCUT2D eigenvalue weighted by Gasteiger charge is 2.39. The Morgan fingerprint density at radius 3 is 2.42 bits per heavy atom. The highest BCUT2D eigenvalue weighted by atomic mass is 16.4. The van der Waals surface area contributed by atoms with Crippen LogP contribution in [0.1, 0.15) is 52.4 Å². The summed E-state index contributed by atoms with van der Waals surface area (Å²) in [6.45, 7) is 5.72. The number of aliphatic carboxylic acids is 1. The van der Waals surface area contributed by atoms with E-state index in [4.69, 9.17) is 5.11 Å². The van der Waals surface area contributed by atoms with E-state index >= 15 is 0 Å². The molecule has 19 heavy (non-hydrogen) atoms. The molecule has 0 bridgehead atoms. The summed E-state index contributed by atoms with van der Waals surface area (Å²) < 4.78 is 0. The van der Waals surface area contributed by atoms with E-state index in [-0.39, 0.29) is 23.8 Å². The van der Waals surface area contributed by atoms with E-state index in [0.717, 1.165) is 38.8 Å². The summed E-state index contributed by atoms with van der Waals surface area (Å²) in [5.41, 5.74) is -0.300. The Kier molecular flexibility index (Phi) is 6.28. The molecular formula is C14H26N2O3. The van der Waals surface area contributed by atoms with E-state index < -0.39 is 5.97 Å². The summed E-state index contributed by atoms with van der Waals surface area (Å²) in [6.07, 6.45) is 4.20. The van der Waals surface area contributed by atoms with Crippen molar-refractivity contribution in [1.82, 2.24) is 10.6 Å². The van der Waals surface area contributed by atoms with E-state index in [1.54, 1.807) is 0 Å². The number of carbonyl (C=O) groups excluding carboxylic acids is 1. The lowest BCUT2D eigenvalue weighted by Gasteiger charge is -2.37. The predicted molar refractivity (Wildman–Crippen MR) is 73.9 cm³/mol. The molecule has 1 fully saturated rings. The van der Waals surface area contributed by atoms with Crippen molar-refractivity contribution >= 4 is 11.9 Å². The summed E-state index contributed by atoms with van der Waals surface area (Å²) >= 11 is 0. The lowest BCUT2D eigenvalue weighted by atomic mass is 9.74. The maximum Gasteiger partial charge on any atom is 0.305 e. The first-order valence-corrected chi connectivity index (χ1v) is 7.27. The average molecular weight is 270 g/mol. The molecule has 0 aromatic rings. The monoisotopic (exact) mass is 270 g/mol. The SMILES string of the molecule is CCCC1(C(=O)NC(CC)CC(=O)O)CCNCC1. The van der Waals surface area contributed by atoms with Crippen molar-refractivity contribution in [2.45, 2.75) is 58.4 Å². The molecule has 0 saturated carbocycles. The van der Waals surface area contributed by atoms with Gasteiger partial charge in [0, 0.05) is 6.04 Å². The van der Waals surface area contributed by atoms with Crippen molar-refractivity contribution in [1.29, 1.82) is 0 Å². The third-order valence-electron chi connectivity index (χ3n) is 4.02. The minimum absolute atomic E-state index is 0.00267. The van der Waals surface area contributed by atoms with Crippen LogP contribution in [0, 0.1) is 5.41 Å². The second kappa shape index (κ2) is 7.48. The van der Waals surface area contributed by atoms with Gasteiger partial charge in [-0.3, -0.25) is 9.59 Å². The van der Waals surface area contributed by atoms with Gasteiger partial charge in [-0.2, -0.15) is 0 Å². The van der Waals surface area contributed by atoms with E-state index in [1.165, 1.54) is 0 Å². The van der Waals surface area contributed by atoms with Gasteiger partial charge in [0.25, 0.3) is 0 Å². The zero-order valence-electron chi connectivity index (χ0n) is 12.0. The minimum Gasteiger partial charge on any atom is -0.481 e. The van der Waals surface area contributed by atoms with Gasteiger partial charge >= 0.3 is 5.97 Å². The molecule has 1 amide bonds. The minimum atomic E-state index is -0.859. The second-order valence-electron chi connectivity index (χ2n) is 5.46. The molecule has 1 rings (SSSR count). The van der Waals surface area contributed by atoms with Gasteiger partial charge in [-0.15, -0.1) is 0 Å².